The maximum Gasteiger partial charge on any atom is 0.256 e. The van der Waals surface area contributed by atoms with Crippen LogP contribution >= 0.6 is 0 Å². The summed E-state index contributed by atoms with van der Waals surface area (Å²) in [5, 5.41) is 8.71. The van der Waals surface area contributed by atoms with Gasteiger partial charge < -0.3 is 9.80 Å². The van der Waals surface area contributed by atoms with Gasteiger partial charge in [-0.15, -0.1) is 0 Å². The Morgan fingerprint density at radius 3 is 2.32 bits per heavy atom. The van der Waals surface area contributed by atoms with Gasteiger partial charge in [0, 0.05) is 31.1 Å². The number of benzene rings is 2. The summed E-state index contributed by atoms with van der Waals surface area (Å²) in [5.74, 6) is 0.548. The molecule has 170 valence electrons. The van der Waals surface area contributed by atoms with E-state index in [2.05, 4.69) is 43.2 Å². The standard InChI is InChI=1S/C28H27N5O/c1-16-6-21-12-30-25-10-19(4-5-23(25)27(29)32(21)14-16)9-20-11-26-24(8-18(20)3)28(34)33-15-17(2)7-22(33)13-31-26/h4-5,8,10-13,21-22,29H,1-2,6-7,9,14-15H2,3H3/t21-,22-/m0/s1. The van der Waals surface area contributed by atoms with E-state index in [9.17, 15) is 4.79 Å². The van der Waals surface area contributed by atoms with Crippen LogP contribution in [-0.2, 0) is 6.42 Å². The normalized spacial score (nSPS) is 23.0. The largest absolute Gasteiger partial charge is 0.344 e. The number of carbonyl (C=O) groups is 1. The van der Waals surface area contributed by atoms with Crippen LogP contribution in [0.25, 0.3) is 0 Å². The van der Waals surface area contributed by atoms with E-state index in [4.69, 9.17) is 15.4 Å². The zero-order valence-electron chi connectivity index (χ0n) is 19.3. The molecule has 2 aromatic carbocycles. The monoisotopic (exact) mass is 449 g/mol. The van der Waals surface area contributed by atoms with E-state index in [-0.39, 0.29) is 18.0 Å². The molecule has 0 saturated carbocycles. The smallest absolute Gasteiger partial charge is 0.256 e. The minimum absolute atomic E-state index is 0.00122. The molecule has 4 aliphatic rings. The van der Waals surface area contributed by atoms with Gasteiger partial charge in [-0.25, -0.2) is 0 Å². The van der Waals surface area contributed by atoms with Crippen LogP contribution < -0.4 is 0 Å². The number of hydrogen-bond acceptors (Lipinski definition) is 4. The van der Waals surface area contributed by atoms with Gasteiger partial charge >= 0.3 is 0 Å². The lowest BCUT2D eigenvalue weighted by atomic mass is 9.95. The fraction of sp³-hybridized carbons (Fsp3) is 0.286. The molecule has 6 rings (SSSR count). The molecule has 0 aromatic heterocycles. The van der Waals surface area contributed by atoms with Gasteiger partial charge in [0.15, 0.2) is 0 Å². The minimum atomic E-state index is 0.00122. The van der Waals surface area contributed by atoms with Crippen LogP contribution in [0.1, 0.15) is 45.5 Å². The number of amidine groups is 1. The molecule has 0 spiro atoms. The average molecular weight is 450 g/mol. The van der Waals surface area contributed by atoms with Crippen LogP contribution in [0.2, 0.25) is 0 Å². The summed E-state index contributed by atoms with van der Waals surface area (Å²) >= 11 is 0. The second kappa shape index (κ2) is 7.62. The van der Waals surface area contributed by atoms with E-state index in [0.29, 0.717) is 24.4 Å². The van der Waals surface area contributed by atoms with Gasteiger partial charge in [-0.3, -0.25) is 20.2 Å². The lowest BCUT2D eigenvalue weighted by Crippen LogP contribution is -2.35. The van der Waals surface area contributed by atoms with Crippen LogP contribution in [0.3, 0.4) is 0 Å². The first-order valence-corrected chi connectivity index (χ1v) is 11.7. The van der Waals surface area contributed by atoms with Crippen LogP contribution in [0.4, 0.5) is 11.4 Å². The molecule has 6 heteroatoms. The first-order chi connectivity index (χ1) is 16.4. The fourth-order valence-electron chi connectivity index (χ4n) is 5.46. The summed E-state index contributed by atoms with van der Waals surface area (Å²) in [6.07, 6.45) is 6.20. The van der Waals surface area contributed by atoms with Crippen molar-refractivity contribution in [3.05, 3.63) is 82.5 Å². The molecule has 2 saturated heterocycles. The van der Waals surface area contributed by atoms with Crippen molar-refractivity contribution in [3.63, 3.8) is 0 Å². The maximum atomic E-state index is 13.2. The highest BCUT2D eigenvalue weighted by atomic mass is 16.2. The zero-order valence-corrected chi connectivity index (χ0v) is 19.3. The van der Waals surface area contributed by atoms with Gasteiger partial charge in [0.05, 0.1) is 29.0 Å². The van der Waals surface area contributed by atoms with Crippen molar-refractivity contribution in [1.82, 2.24) is 9.80 Å². The Hall–Kier alpha value is -3.80. The fourth-order valence-corrected chi connectivity index (χ4v) is 5.46. The molecule has 0 aliphatic carbocycles. The van der Waals surface area contributed by atoms with Crippen molar-refractivity contribution in [2.75, 3.05) is 13.1 Å². The van der Waals surface area contributed by atoms with E-state index in [1.165, 1.54) is 0 Å². The molecular formula is C28H27N5O. The van der Waals surface area contributed by atoms with Crippen molar-refractivity contribution in [2.45, 2.75) is 38.3 Å². The second-order valence-corrected chi connectivity index (χ2v) is 9.83. The number of fused-ring (bicyclic) bond motifs is 4. The van der Waals surface area contributed by atoms with Gasteiger partial charge in [0.2, 0.25) is 0 Å². The predicted octanol–water partition coefficient (Wildman–Crippen LogP) is 4.74. The third-order valence-electron chi connectivity index (χ3n) is 7.30. The first kappa shape index (κ1) is 20.8. The van der Waals surface area contributed by atoms with Gasteiger partial charge in [-0.2, -0.15) is 0 Å². The van der Waals surface area contributed by atoms with Gasteiger partial charge in [-0.1, -0.05) is 30.4 Å². The minimum Gasteiger partial charge on any atom is -0.344 e. The number of aliphatic imine (C=N–C) groups is 2. The Morgan fingerprint density at radius 2 is 1.59 bits per heavy atom. The van der Waals surface area contributed by atoms with E-state index in [1.807, 2.05) is 29.5 Å². The average Bonchev–Trinajstić information content (AvgIpc) is 3.32. The molecule has 4 heterocycles. The SMILES string of the molecule is C=C1C[C@H]2C=Nc3cc(Cc4cc5c(cc4C)C(=O)N4CC(=C)C[C@H]4C=N5)ccc3C(=N)N2C1. The summed E-state index contributed by atoms with van der Waals surface area (Å²) in [7, 11) is 0. The number of carbonyl (C=O) groups excluding carboxylic acids is 1. The first-order valence-electron chi connectivity index (χ1n) is 11.7. The molecule has 2 atom stereocenters. The lowest BCUT2D eigenvalue weighted by molar-refractivity contribution is 0.0778. The van der Waals surface area contributed by atoms with E-state index >= 15 is 0 Å². The van der Waals surface area contributed by atoms with Crippen LogP contribution in [0, 0.1) is 12.3 Å². The Morgan fingerprint density at radius 1 is 0.941 bits per heavy atom. The van der Waals surface area contributed by atoms with Crippen LogP contribution in [0.5, 0.6) is 0 Å². The number of nitrogens with zero attached hydrogens (tertiary/aromatic N) is 4. The van der Waals surface area contributed by atoms with Crippen LogP contribution in [0.15, 0.2) is 64.6 Å². The molecule has 1 amide bonds. The second-order valence-electron chi connectivity index (χ2n) is 9.83. The van der Waals surface area contributed by atoms with Crippen LogP contribution in [-0.4, -0.2) is 59.1 Å². The van der Waals surface area contributed by atoms with Crippen molar-refractivity contribution in [2.24, 2.45) is 9.98 Å². The van der Waals surface area contributed by atoms with Gasteiger partial charge in [0.1, 0.15) is 5.84 Å². The summed E-state index contributed by atoms with van der Waals surface area (Å²) in [5.41, 5.74) is 8.65. The van der Waals surface area contributed by atoms with Crippen molar-refractivity contribution in [1.29, 1.82) is 5.41 Å². The molecule has 6 nitrogen and oxygen atoms in total. The van der Waals surface area contributed by atoms with Crippen molar-refractivity contribution < 1.29 is 4.79 Å². The lowest BCUT2D eigenvalue weighted by Gasteiger charge is -2.22. The summed E-state index contributed by atoms with van der Waals surface area (Å²) in [4.78, 5) is 26.6. The third-order valence-corrected chi connectivity index (χ3v) is 7.30. The van der Waals surface area contributed by atoms with Gasteiger partial charge in [-0.05, 0) is 67.1 Å². The van der Waals surface area contributed by atoms with Crippen molar-refractivity contribution >= 4 is 35.5 Å². The molecule has 34 heavy (non-hydrogen) atoms. The summed E-state index contributed by atoms with van der Waals surface area (Å²) in [6, 6.07) is 10.3. The molecule has 2 aromatic rings. The Kier molecular flexibility index (Phi) is 4.66. The Bertz CT molecular complexity index is 1350. The molecule has 0 unspecified atom stereocenters. The van der Waals surface area contributed by atoms with E-state index in [0.717, 1.165) is 64.2 Å². The van der Waals surface area contributed by atoms with E-state index in [1.54, 1.807) is 0 Å². The topological polar surface area (TPSA) is 72.1 Å². The zero-order chi connectivity index (χ0) is 23.6. The molecule has 4 aliphatic heterocycles. The highest BCUT2D eigenvalue weighted by Gasteiger charge is 2.34. The quantitative estimate of drug-likeness (QED) is 0.673. The maximum absolute atomic E-state index is 13.2. The third kappa shape index (κ3) is 3.33. The molecule has 0 radical (unpaired) electrons. The summed E-state index contributed by atoms with van der Waals surface area (Å²) in [6.45, 7) is 11.5. The molecular weight excluding hydrogens is 422 g/mol. The van der Waals surface area contributed by atoms with Crippen molar-refractivity contribution in [3.8, 4) is 0 Å². The molecule has 0 bridgehead atoms. The van der Waals surface area contributed by atoms with E-state index < -0.39 is 0 Å². The summed E-state index contributed by atoms with van der Waals surface area (Å²) < 4.78 is 0. The number of nitrogens with one attached hydrogen (secondary N) is 1. The Labute approximate surface area is 199 Å². The molecule has 1 N–H and O–H groups in total. The number of rotatable bonds is 2. The molecule has 2 fully saturated rings. The highest BCUT2D eigenvalue weighted by molar-refractivity contribution is 6.05. The predicted molar refractivity (Wildman–Crippen MR) is 136 cm³/mol. The highest BCUT2D eigenvalue weighted by Crippen LogP contribution is 2.34. The number of hydrogen-bond donors (Lipinski definition) is 1. The number of amides is 1. The Balaban J connectivity index is 1.31. The van der Waals surface area contributed by atoms with Gasteiger partial charge in [0.25, 0.3) is 5.91 Å². The number of aryl methyl sites for hydroxylation is 1.